The molecular weight excluding hydrogens is 360 g/mol. The highest BCUT2D eigenvalue weighted by molar-refractivity contribution is 7.89. The Balaban J connectivity index is 2.41. The number of nitrogens with two attached hydrogens (primary N) is 1. The van der Waals surface area contributed by atoms with E-state index in [4.69, 9.17) is 15.2 Å². The Hall–Kier alpha value is -2.13. The van der Waals surface area contributed by atoms with Gasteiger partial charge in [-0.3, -0.25) is 4.79 Å². The van der Waals surface area contributed by atoms with E-state index in [1.165, 1.54) is 36.5 Å². The normalized spacial score (nSPS) is 19.6. The molecule has 0 aromatic heterocycles. The summed E-state index contributed by atoms with van der Waals surface area (Å²) in [6, 6.07) is 3.86. The van der Waals surface area contributed by atoms with Crippen LogP contribution in [0.4, 0.5) is 0 Å². The van der Waals surface area contributed by atoms with Gasteiger partial charge in [0, 0.05) is 12.6 Å². The van der Waals surface area contributed by atoms with E-state index in [1.54, 1.807) is 0 Å². The predicted molar refractivity (Wildman–Crippen MR) is 94.3 cm³/mol. The Labute approximate surface area is 153 Å². The second-order valence-electron chi connectivity index (χ2n) is 6.28. The van der Waals surface area contributed by atoms with Crippen LogP contribution in [0.3, 0.4) is 0 Å². The summed E-state index contributed by atoms with van der Waals surface area (Å²) in [4.78, 5) is 23.2. The molecule has 0 unspecified atom stereocenters. The van der Waals surface area contributed by atoms with Crippen molar-refractivity contribution in [2.24, 2.45) is 5.73 Å². The fourth-order valence-corrected chi connectivity index (χ4v) is 4.73. The largest absolute Gasteiger partial charge is 0.495 e. The first-order valence-electron chi connectivity index (χ1n) is 8.38. The van der Waals surface area contributed by atoms with E-state index in [-0.39, 0.29) is 22.3 Å². The van der Waals surface area contributed by atoms with Crippen LogP contribution in [0.25, 0.3) is 0 Å². The average Bonchev–Trinajstić information content (AvgIpc) is 2.61. The second-order valence-corrected chi connectivity index (χ2v) is 8.14. The van der Waals surface area contributed by atoms with Crippen LogP contribution in [0.1, 0.15) is 43.5 Å². The molecule has 1 aliphatic heterocycles. The molecule has 1 fully saturated rings. The molecule has 0 aliphatic carbocycles. The van der Waals surface area contributed by atoms with Crippen LogP contribution in [0.5, 0.6) is 5.75 Å². The second kappa shape index (κ2) is 8.05. The Bertz CT molecular complexity index is 792. The molecule has 1 amide bonds. The van der Waals surface area contributed by atoms with Crippen LogP contribution in [-0.4, -0.2) is 50.4 Å². The lowest BCUT2D eigenvalue weighted by molar-refractivity contribution is -0.125. The molecule has 1 saturated heterocycles. The molecule has 1 aromatic carbocycles. The predicted octanol–water partition coefficient (Wildman–Crippen LogP) is 1.29. The lowest BCUT2D eigenvalue weighted by atomic mass is 10.1. The average molecular weight is 384 g/mol. The van der Waals surface area contributed by atoms with Gasteiger partial charge in [0.15, 0.2) is 6.10 Å². The minimum Gasteiger partial charge on any atom is -0.495 e. The number of nitrogens with zero attached hydrogens (tertiary/aromatic N) is 1. The van der Waals surface area contributed by atoms with Gasteiger partial charge in [-0.05, 0) is 44.9 Å². The maximum absolute atomic E-state index is 13.1. The molecule has 8 nitrogen and oxygen atoms in total. The molecule has 2 rings (SSSR count). The first-order chi connectivity index (χ1) is 12.2. The molecule has 0 bridgehead atoms. The smallest absolute Gasteiger partial charge is 0.338 e. The van der Waals surface area contributed by atoms with Crippen molar-refractivity contribution in [3.05, 3.63) is 23.8 Å². The van der Waals surface area contributed by atoms with E-state index in [0.29, 0.717) is 6.54 Å². The fraction of sp³-hybridized carbons (Fsp3) is 0.529. The van der Waals surface area contributed by atoms with Crippen LogP contribution >= 0.6 is 0 Å². The topological polar surface area (TPSA) is 116 Å². The third-order valence-electron chi connectivity index (χ3n) is 4.41. The van der Waals surface area contributed by atoms with Crippen LogP contribution in [-0.2, 0) is 19.6 Å². The summed E-state index contributed by atoms with van der Waals surface area (Å²) in [5, 5.41) is 0. The quantitative estimate of drug-likeness (QED) is 0.739. The zero-order valence-electron chi connectivity index (χ0n) is 15.1. The summed E-state index contributed by atoms with van der Waals surface area (Å²) < 4.78 is 37.8. The number of carbonyl (C=O) groups excluding carboxylic acids is 2. The molecule has 1 aromatic rings. The van der Waals surface area contributed by atoms with Crippen molar-refractivity contribution in [2.75, 3.05) is 13.7 Å². The summed E-state index contributed by atoms with van der Waals surface area (Å²) in [6.45, 7) is 3.62. The monoisotopic (exact) mass is 384 g/mol. The Morgan fingerprint density at radius 1 is 1.31 bits per heavy atom. The van der Waals surface area contributed by atoms with E-state index in [2.05, 4.69) is 0 Å². The van der Waals surface area contributed by atoms with Crippen LogP contribution in [0.15, 0.2) is 23.1 Å². The van der Waals surface area contributed by atoms with E-state index >= 15 is 0 Å². The van der Waals surface area contributed by atoms with Crippen molar-refractivity contribution in [1.82, 2.24) is 4.31 Å². The van der Waals surface area contributed by atoms with Gasteiger partial charge in [0.25, 0.3) is 5.91 Å². The van der Waals surface area contributed by atoms with Crippen LogP contribution in [0.2, 0.25) is 0 Å². The van der Waals surface area contributed by atoms with E-state index < -0.39 is 28.0 Å². The summed E-state index contributed by atoms with van der Waals surface area (Å²) in [5.74, 6) is -1.48. The molecule has 0 radical (unpaired) electrons. The van der Waals surface area contributed by atoms with Gasteiger partial charge in [-0.2, -0.15) is 4.31 Å². The number of hydrogen-bond donors (Lipinski definition) is 1. The lowest BCUT2D eigenvalue weighted by Gasteiger charge is -2.32. The third-order valence-corrected chi connectivity index (χ3v) is 6.45. The van der Waals surface area contributed by atoms with E-state index in [9.17, 15) is 18.0 Å². The highest BCUT2D eigenvalue weighted by Gasteiger charge is 2.33. The molecule has 0 spiro atoms. The number of esters is 1. The highest BCUT2D eigenvalue weighted by Crippen LogP contribution is 2.31. The molecule has 9 heteroatoms. The molecule has 144 valence electrons. The first-order valence-corrected chi connectivity index (χ1v) is 9.82. The van der Waals surface area contributed by atoms with Crippen molar-refractivity contribution in [2.45, 2.75) is 50.2 Å². The molecular formula is C17H24N2O6S. The van der Waals surface area contributed by atoms with Crippen molar-refractivity contribution in [3.63, 3.8) is 0 Å². The molecule has 1 aliphatic rings. The number of primary amides is 1. The number of benzene rings is 1. The number of amides is 1. The Morgan fingerprint density at radius 3 is 2.58 bits per heavy atom. The maximum atomic E-state index is 13.1. The summed E-state index contributed by atoms with van der Waals surface area (Å²) in [5.41, 5.74) is 5.08. The van der Waals surface area contributed by atoms with Gasteiger partial charge in [-0.15, -0.1) is 0 Å². The lowest BCUT2D eigenvalue weighted by Crippen LogP contribution is -2.42. The van der Waals surface area contributed by atoms with Gasteiger partial charge in [0.2, 0.25) is 10.0 Å². The number of piperidine rings is 1. The Kier molecular flexibility index (Phi) is 6.25. The molecule has 2 atom stereocenters. The number of sulfonamides is 1. The molecule has 2 N–H and O–H groups in total. The zero-order chi connectivity index (χ0) is 19.5. The maximum Gasteiger partial charge on any atom is 0.338 e. The van der Waals surface area contributed by atoms with E-state index in [1.807, 2.05) is 6.92 Å². The SMILES string of the molecule is COc1ccc(C(=O)O[C@H](C)C(N)=O)cc1S(=O)(=O)N1CCCC[C@@H]1C. The molecule has 1 heterocycles. The van der Waals surface area contributed by atoms with Crippen LogP contribution in [0, 0.1) is 0 Å². The minimum atomic E-state index is -3.85. The third kappa shape index (κ3) is 4.16. The van der Waals surface area contributed by atoms with Crippen molar-refractivity contribution in [1.29, 1.82) is 0 Å². The first kappa shape index (κ1) is 20.2. The van der Waals surface area contributed by atoms with Gasteiger partial charge in [-0.25, -0.2) is 13.2 Å². The van der Waals surface area contributed by atoms with Crippen LogP contribution < -0.4 is 10.5 Å². The fourth-order valence-electron chi connectivity index (χ4n) is 2.85. The van der Waals surface area contributed by atoms with E-state index in [0.717, 1.165) is 19.3 Å². The summed E-state index contributed by atoms with van der Waals surface area (Å²) >= 11 is 0. The van der Waals surface area contributed by atoms with Gasteiger partial charge < -0.3 is 15.2 Å². The van der Waals surface area contributed by atoms with Crippen molar-refractivity contribution >= 4 is 21.9 Å². The number of methoxy groups -OCH3 is 1. The standard InChI is InChI=1S/C17H24N2O6S/c1-11-6-4-5-9-19(11)26(22,23)15-10-13(7-8-14(15)24-3)17(21)25-12(2)16(18)20/h7-8,10-12H,4-6,9H2,1-3H3,(H2,18,20)/t11-,12+/m0/s1. The van der Waals surface area contributed by atoms with Gasteiger partial charge in [0.05, 0.1) is 12.7 Å². The number of hydrogen-bond acceptors (Lipinski definition) is 6. The van der Waals surface area contributed by atoms with Crippen molar-refractivity contribution in [3.8, 4) is 5.75 Å². The van der Waals surface area contributed by atoms with Gasteiger partial charge in [0.1, 0.15) is 10.6 Å². The van der Waals surface area contributed by atoms with Gasteiger partial charge in [-0.1, -0.05) is 6.42 Å². The molecule has 0 saturated carbocycles. The number of rotatable bonds is 6. The minimum absolute atomic E-state index is 0.00198. The number of ether oxygens (including phenoxy) is 2. The summed E-state index contributed by atoms with van der Waals surface area (Å²) in [6.07, 6.45) is 1.41. The molecule has 26 heavy (non-hydrogen) atoms. The zero-order valence-corrected chi connectivity index (χ0v) is 15.9. The Morgan fingerprint density at radius 2 is 2.00 bits per heavy atom. The summed E-state index contributed by atoms with van der Waals surface area (Å²) in [7, 11) is -2.48. The highest BCUT2D eigenvalue weighted by atomic mass is 32.2. The van der Waals surface area contributed by atoms with Gasteiger partial charge >= 0.3 is 5.97 Å². The number of carbonyl (C=O) groups is 2. The van der Waals surface area contributed by atoms with Crippen molar-refractivity contribution < 1.29 is 27.5 Å².